The van der Waals surface area contributed by atoms with Crippen LogP contribution in [0.1, 0.15) is 54.9 Å². The molecule has 0 fully saturated rings. The van der Waals surface area contributed by atoms with Gasteiger partial charge in [0.15, 0.2) is 11.2 Å². The molecule has 14 heteroatoms. The van der Waals surface area contributed by atoms with E-state index in [1.807, 2.05) is 0 Å². The first-order chi connectivity index (χ1) is 16.6. The first-order valence-corrected chi connectivity index (χ1v) is 13.5. The molecule has 2 heterocycles. The van der Waals surface area contributed by atoms with Crippen molar-refractivity contribution < 1.29 is 27.9 Å². The number of amides is 1. The molecule has 0 aliphatic carbocycles. The molecule has 0 saturated heterocycles. The Morgan fingerprint density at radius 3 is 2.33 bits per heavy atom. The molecule has 0 unspecified atom stereocenters. The van der Waals surface area contributed by atoms with Gasteiger partial charge in [0.2, 0.25) is 11.9 Å². The number of ether oxygens (including phenoxy) is 1. The largest absolute Gasteiger partial charge is 0.465 e. The lowest BCUT2D eigenvalue weighted by molar-refractivity contribution is -0.143. The Morgan fingerprint density at radius 2 is 1.75 bits per heavy atom. The number of H-pyrrole nitrogens is 1. The van der Waals surface area contributed by atoms with E-state index in [0.717, 1.165) is 0 Å². The molecule has 36 heavy (non-hydrogen) atoms. The standard InChI is InChI=1S/C22H37N6O7P/c1-8-33-16(30)13-28-14-25-17-18(28)26-20(27-19(17)31)24-11-10-23-15(29)9-12-36(32,34-21(2,3)4)35-22(5,6)7/h14H,8-13H2,1-7H3,(H,23,29)(H2,24,26,27,31). The van der Waals surface area contributed by atoms with E-state index in [0.29, 0.717) is 0 Å². The molecule has 0 atom stereocenters. The highest BCUT2D eigenvalue weighted by Gasteiger charge is 2.35. The van der Waals surface area contributed by atoms with Crippen LogP contribution in [-0.2, 0) is 34.5 Å². The number of nitrogens with one attached hydrogen (secondary N) is 3. The molecule has 2 aromatic rings. The minimum Gasteiger partial charge on any atom is -0.465 e. The number of aromatic nitrogens is 4. The Bertz CT molecular complexity index is 1140. The molecule has 0 aliphatic rings. The Balaban J connectivity index is 1.91. The summed E-state index contributed by atoms with van der Waals surface area (Å²) in [5.41, 5.74) is -1.54. The van der Waals surface area contributed by atoms with E-state index in [9.17, 15) is 18.9 Å². The molecule has 2 rings (SSSR count). The Hall–Kier alpha value is -2.76. The van der Waals surface area contributed by atoms with Crippen LogP contribution in [0.15, 0.2) is 11.1 Å². The molecule has 3 N–H and O–H groups in total. The van der Waals surface area contributed by atoms with Gasteiger partial charge in [-0.25, -0.2) is 4.98 Å². The fourth-order valence-corrected chi connectivity index (χ4v) is 5.52. The summed E-state index contributed by atoms with van der Waals surface area (Å²) in [7, 11) is -3.51. The highest BCUT2D eigenvalue weighted by atomic mass is 31.2. The van der Waals surface area contributed by atoms with Crippen LogP contribution in [0.25, 0.3) is 11.2 Å². The number of imidazole rings is 1. The summed E-state index contributed by atoms with van der Waals surface area (Å²) in [6.07, 6.45) is 1.24. The van der Waals surface area contributed by atoms with Gasteiger partial charge in [0.1, 0.15) is 6.54 Å². The van der Waals surface area contributed by atoms with Gasteiger partial charge in [0, 0.05) is 19.5 Å². The zero-order valence-corrected chi connectivity index (χ0v) is 22.9. The average Bonchev–Trinajstić information content (AvgIpc) is 3.10. The van der Waals surface area contributed by atoms with Crippen molar-refractivity contribution in [3.8, 4) is 0 Å². The zero-order valence-electron chi connectivity index (χ0n) is 22.0. The fourth-order valence-electron chi connectivity index (χ4n) is 3.15. The minimum absolute atomic E-state index is 0.0441. The second-order valence-electron chi connectivity index (χ2n) is 10.0. The van der Waals surface area contributed by atoms with Crippen LogP contribution in [-0.4, -0.2) is 68.5 Å². The maximum atomic E-state index is 13.2. The number of hydrogen-bond donors (Lipinski definition) is 3. The number of carbonyl (C=O) groups excluding carboxylic acids is 2. The molecule has 0 radical (unpaired) electrons. The maximum absolute atomic E-state index is 13.2. The highest BCUT2D eigenvalue weighted by Crippen LogP contribution is 2.54. The van der Waals surface area contributed by atoms with Crippen molar-refractivity contribution in [3.63, 3.8) is 0 Å². The second-order valence-corrected chi connectivity index (χ2v) is 12.1. The first-order valence-electron chi connectivity index (χ1n) is 11.7. The normalized spacial score (nSPS) is 12.5. The summed E-state index contributed by atoms with van der Waals surface area (Å²) in [6.45, 7) is 12.9. The van der Waals surface area contributed by atoms with Crippen molar-refractivity contribution in [1.82, 2.24) is 24.8 Å². The fraction of sp³-hybridized carbons (Fsp3) is 0.682. The van der Waals surface area contributed by atoms with E-state index in [-0.39, 0.29) is 61.8 Å². The lowest BCUT2D eigenvalue weighted by Gasteiger charge is -2.32. The predicted molar refractivity (Wildman–Crippen MR) is 135 cm³/mol. The van der Waals surface area contributed by atoms with Crippen LogP contribution in [0.2, 0.25) is 0 Å². The number of aromatic amines is 1. The highest BCUT2D eigenvalue weighted by molar-refractivity contribution is 7.54. The number of nitrogens with zero attached hydrogens (tertiary/aromatic N) is 3. The molecule has 1 amide bonds. The first kappa shape index (κ1) is 29.5. The Labute approximate surface area is 210 Å². The van der Waals surface area contributed by atoms with E-state index in [1.54, 1.807) is 48.5 Å². The molecule has 13 nitrogen and oxygen atoms in total. The third-order valence-electron chi connectivity index (χ3n) is 4.26. The lowest BCUT2D eigenvalue weighted by Crippen LogP contribution is -2.31. The van der Waals surface area contributed by atoms with Crippen molar-refractivity contribution in [3.05, 3.63) is 16.7 Å². The van der Waals surface area contributed by atoms with Crippen molar-refractivity contribution in [2.24, 2.45) is 0 Å². The third-order valence-corrected chi connectivity index (χ3v) is 6.68. The molecule has 0 aromatic carbocycles. The maximum Gasteiger partial charge on any atom is 0.332 e. The molecule has 0 aliphatic heterocycles. The summed E-state index contributed by atoms with van der Waals surface area (Å²) in [5, 5.41) is 5.64. The van der Waals surface area contributed by atoms with Crippen LogP contribution in [0.5, 0.6) is 0 Å². The molecule has 0 saturated carbocycles. The van der Waals surface area contributed by atoms with E-state index >= 15 is 0 Å². The lowest BCUT2D eigenvalue weighted by atomic mass is 10.2. The van der Waals surface area contributed by atoms with Crippen molar-refractivity contribution in [2.75, 3.05) is 31.2 Å². The van der Waals surface area contributed by atoms with E-state index < -0.39 is 30.3 Å². The van der Waals surface area contributed by atoms with Crippen LogP contribution < -0.4 is 16.2 Å². The van der Waals surface area contributed by atoms with E-state index in [4.69, 9.17) is 13.8 Å². The van der Waals surface area contributed by atoms with Gasteiger partial charge >= 0.3 is 13.6 Å². The summed E-state index contributed by atoms with van der Waals surface area (Å²) in [5.74, 6) is -0.632. The number of rotatable bonds is 12. The van der Waals surface area contributed by atoms with Gasteiger partial charge in [0.25, 0.3) is 5.56 Å². The van der Waals surface area contributed by atoms with Crippen LogP contribution in [0.3, 0.4) is 0 Å². The van der Waals surface area contributed by atoms with Gasteiger partial charge in [-0.05, 0) is 48.5 Å². The molecule has 0 bridgehead atoms. The monoisotopic (exact) mass is 528 g/mol. The number of hydrogen-bond acceptors (Lipinski definition) is 10. The molecule has 0 spiro atoms. The predicted octanol–water partition coefficient (Wildman–Crippen LogP) is 2.42. The average molecular weight is 529 g/mol. The van der Waals surface area contributed by atoms with Crippen molar-refractivity contribution >= 4 is 36.6 Å². The van der Waals surface area contributed by atoms with Gasteiger partial charge in [-0.15, -0.1) is 0 Å². The summed E-state index contributed by atoms with van der Waals surface area (Å²) in [6, 6.07) is 0. The van der Waals surface area contributed by atoms with Crippen molar-refractivity contribution in [2.45, 2.75) is 72.6 Å². The molecular formula is C22H37N6O7P. The van der Waals surface area contributed by atoms with Gasteiger partial charge in [-0.2, -0.15) is 4.98 Å². The topological polar surface area (TPSA) is 167 Å². The quantitative estimate of drug-likeness (QED) is 0.211. The number of carbonyl (C=O) groups is 2. The smallest absolute Gasteiger partial charge is 0.332 e. The Morgan fingerprint density at radius 1 is 1.11 bits per heavy atom. The van der Waals surface area contributed by atoms with Gasteiger partial charge in [-0.1, -0.05) is 0 Å². The Kier molecular flexibility index (Phi) is 9.81. The molecular weight excluding hydrogens is 491 g/mol. The number of anilines is 1. The number of fused-ring (bicyclic) bond motifs is 1. The van der Waals surface area contributed by atoms with Gasteiger partial charge in [0.05, 0.1) is 30.3 Å². The number of esters is 1. The third kappa shape index (κ3) is 9.71. The van der Waals surface area contributed by atoms with E-state index in [1.165, 1.54) is 10.9 Å². The van der Waals surface area contributed by atoms with Crippen LogP contribution >= 0.6 is 7.60 Å². The summed E-state index contributed by atoms with van der Waals surface area (Å²) < 4.78 is 30.9. The molecule has 202 valence electrons. The van der Waals surface area contributed by atoms with E-state index in [2.05, 4.69) is 25.6 Å². The molecule has 2 aromatic heterocycles. The van der Waals surface area contributed by atoms with Gasteiger partial charge < -0.3 is 29.0 Å². The van der Waals surface area contributed by atoms with Crippen LogP contribution in [0.4, 0.5) is 5.95 Å². The SMILES string of the molecule is CCOC(=O)Cn1cnc2c(=O)[nH]c(NCCNC(=O)CCP(=O)(OC(C)(C)C)OC(C)(C)C)nc21. The zero-order chi connectivity index (χ0) is 27.1. The summed E-state index contributed by atoms with van der Waals surface area (Å²) in [4.78, 5) is 47.3. The van der Waals surface area contributed by atoms with Crippen molar-refractivity contribution in [1.29, 1.82) is 0 Å². The van der Waals surface area contributed by atoms with Crippen LogP contribution in [0, 0.1) is 0 Å². The minimum atomic E-state index is -3.51. The van der Waals surface area contributed by atoms with Gasteiger partial charge in [-0.3, -0.25) is 23.9 Å². The second kappa shape index (κ2) is 12.0. The summed E-state index contributed by atoms with van der Waals surface area (Å²) >= 11 is 0.